The Balaban J connectivity index is 0.918. The number of fused-ring (bicyclic) bond motifs is 11. The first-order chi connectivity index (χ1) is 48.7. The molecule has 17 aliphatic rings. The van der Waals surface area contributed by atoms with E-state index in [-0.39, 0.29) is 104 Å². The Hall–Kier alpha value is -5.93. The highest BCUT2D eigenvalue weighted by atomic mass is 33.1. The van der Waals surface area contributed by atoms with Gasteiger partial charge in [-0.3, -0.25) is 4.79 Å². The second-order valence-corrected chi connectivity index (χ2v) is 37.9. The smallest absolute Gasteiger partial charge is 0.160 e. The lowest BCUT2D eigenvalue weighted by Crippen LogP contribution is -2.81. The van der Waals surface area contributed by atoms with E-state index in [2.05, 4.69) is 102 Å². The van der Waals surface area contributed by atoms with Gasteiger partial charge in [0.2, 0.25) is 0 Å². The predicted octanol–water partition coefficient (Wildman–Crippen LogP) is 13.8. The first-order valence-corrected chi connectivity index (χ1v) is 41.0. The van der Waals surface area contributed by atoms with Gasteiger partial charge in [0.05, 0.1) is 43.2 Å². The van der Waals surface area contributed by atoms with Crippen LogP contribution in [0.3, 0.4) is 0 Å². The zero-order chi connectivity index (χ0) is 67.1. The number of nitrogens with one attached hydrogen (secondary N) is 1. The summed E-state index contributed by atoms with van der Waals surface area (Å²) in [6.07, 6.45) is 30.3. The number of ketones is 1. The Kier molecular flexibility index (Phi) is 12.9. The number of phenolic OH excluding ortho intramolecular Hbond substituents is 3. The van der Waals surface area contributed by atoms with Gasteiger partial charge in [-0.2, -0.15) is 0 Å². The molecule has 6 saturated carbocycles. The van der Waals surface area contributed by atoms with Gasteiger partial charge in [0, 0.05) is 94.3 Å². The summed E-state index contributed by atoms with van der Waals surface area (Å²) in [7, 11) is 5.59. The zero-order valence-electron chi connectivity index (χ0n) is 57.1. The molecule has 4 aromatic rings. The molecule has 8 N–H and O–H groups in total. The number of benzene rings is 4. The molecular formula is C88H91NO9S2. The standard InChI is InChI=1S/C88H91NO9S2/c1-98-71-39-55(49(42-90)34-69(71)94)54-36-70(95)74-51-19-26-83-22-10-14-65-52(16-15-47(54)29-45-11-3-2-4-12-45)78(79(74)96)88-62-40-68(93)67(92)38-59(62)60-41-73(88)86-44-84(60)23-9-13-50(84)35-61(86)56-37-66(91)48-30-46-31-58(51)76(83)63(32-46)87(28-27-82(20-5-6-21-82)85(87)24-7-8-25-85)64(81(83)97)43-99-100-72-18-17-53(80(88)89-65)77(86)75(72)57(56)33-48/h2-4,11-12,17-19,26,31-35,38-40,47,50-54,56,60,64-66,72-74,77-81,89-94,96-97H,5-9,13-14,20-21,23-25,27-30,36-37,41-44H2,1H3. The predicted molar refractivity (Wildman–Crippen MR) is 386 cm³/mol. The number of methoxy groups -OCH3 is 1. The molecule has 2 heterocycles. The summed E-state index contributed by atoms with van der Waals surface area (Å²) in [6, 6.07) is 21.8. The lowest BCUT2D eigenvalue weighted by atomic mass is 9.25. The highest BCUT2D eigenvalue weighted by Crippen LogP contribution is 2.86. The van der Waals surface area contributed by atoms with E-state index in [1.165, 1.54) is 55.1 Å². The summed E-state index contributed by atoms with van der Waals surface area (Å²) in [5.41, 5.74) is 10.8. The molecular weight excluding hydrogens is 1280 g/mol. The Morgan fingerprint density at radius 3 is 2.48 bits per heavy atom. The molecule has 15 bridgehead atoms. The van der Waals surface area contributed by atoms with E-state index in [0.29, 0.717) is 36.8 Å². The number of hydrogen-bond donors (Lipinski definition) is 8. The number of Topliss-reactive ketones (excluding diaryl/α,β-unsaturated/α-hetero) is 1. The van der Waals surface area contributed by atoms with Crippen LogP contribution in [0, 0.1) is 105 Å². The number of aliphatic hydroxyl groups is 4. The number of phenols is 3. The first-order valence-electron chi connectivity index (χ1n) is 38.6. The van der Waals surface area contributed by atoms with Crippen molar-refractivity contribution in [1.29, 1.82) is 0 Å². The zero-order valence-corrected chi connectivity index (χ0v) is 58.7. The molecule has 514 valence electrons. The molecule has 0 aromatic heterocycles. The molecule has 0 amide bonds. The minimum atomic E-state index is -1.36. The Morgan fingerprint density at radius 1 is 0.820 bits per heavy atom. The lowest BCUT2D eigenvalue weighted by molar-refractivity contribution is -0.200. The second kappa shape index (κ2) is 20.9. The van der Waals surface area contributed by atoms with Crippen LogP contribution in [0.5, 0.6) is 23.0 Å². The fourth-order valence-electron chi connectivity index (χ4n) is 29.9. The monoisotopic (exact) mass is 1370 g/mol. The van der Waals surface area contributed by atoms with E-state index in [1.807, 2.05) is 45.9 Å². The Morgan fingerprint density at radius 2 is 1.65 bits per heavy atom. The van der Waals surface area contributed by atoms with Crippen molar-refractivity contribution in [2.45, 2.75) is 205 Å². The van der Waals surface area contributed by atoms with Crippen LogP contribution in [0.2, 0.25) is 0 Å². The molecule has 4 aromatic carbocycles. The molecule has 2 aliphatic heterocycles. The molecule has 12 heteroatoms. The summed E-state index contributed by atoms with van der Waals surface area (Å²) in [4.78, 5) is 18.1. The highest BCUT2D eigenvalue weighted by Gasteiger charge is 2.82. The third-order valence-electron chi connectivity index (χ3n) is 32.9. The molecule has 10 nitrogen and oxygen atoms in total. The normalized spacial score (nSPS) is 44.4. The number of carbonyl (C=O) groups is 1. The van der Waals surface area contributed by atoms with Crippen LogP contribution in [-0.4, -0.2) is 90.0 Å². The van der Waals surface area contributed by atoms with E-state index in [1.54, 1.807) is 6.07 Å². The van der Waals surface area contributed by atoms with Crippen molar-refractivity contribution in [2.24, 2.45) is 80.8 Å². The number of allylic oxidation sites excluding steroid dienone is 5. The third kappa shape index (κ3) is 7.23. The van der Waals surface area contributed by atoms with Gasteiger partial charge in [-0.05, 0) is 214 Å². The van der Waals surface area contributed by atoms with Crippen molar-refractivity contribution in [1.82, 2.24) is 5.32 Å². The largest absolute Gasteiger partial charge is 0.504 e. The summed E-state index contributed by atoms with van der Waals surface area (Å²) in [5.74, 6) is 12.4. The number of rotatable bonds is 5. The number of aromatic hydroxyl groups is 3. The van der Waals surface area contributed by atoms with Crippen molar-refractivity contribution in [3.63, 3.8) is 0 Å². The molecule has 1 saturated heterocycles. The molecule has 24 unspecified atom stereocenters. The summed E-state index contributed by atoms with van der Waals surface area (Å²) in [6.45, 7) is -0.405. The topological polar surface area (TPSA) is 180 Å². The third-order valence-corrected chi connectivity index (χ3v) is 35.5. The molecule has 21 rings (SSSR count). The molecule has 7 fully saturated rings. The second-order valence-electron chi connectivity index (χ2n) is 35.4. The van der Waals surface area contributed by atoms with Crippen molar-refractivity contribution >= 4 is 27.4 Å². The Labute approximate surface area is 594 Å². The first kappa shape index (κ1) is 61.5. The molecule has 100 heavy (non-hydrogen) atoms. The van der Waals surface area contributed by atoms with Crippen LogP contribution in [0.25, 0.3) is 0 Å². The van der Waals surface area contributed by atoms with Crippen molar-refractivity contribution in [2.75, 3.05) is 12.9 Å². The number of ether oxygens (including phenoxy) is 1. The lowest BCUT2D eigenvalue weighted by Gasteiger charge is -2.79. The fourth-order valence-corrected chi connectivity index (χ4v) is 32.9. The van der Waals surface area contributed by atoms with E-state index in [4.69, 9.17) is 4.74 Å². The van der Waals surface area contributed by atoms with E-state index in [9.17, 15) is 30.6 Å². The van der Waals surface area contributed by atoms with Gasteiger partial charge in [0.1, 0.15) is 11.2 Å². The van der Waals surface area contributed by atoms with Crippen LogP contribution >= 0.6 is 21.6 Å². The minimum absolute atomic E-state index is 0.00101. The van der Waals surface area contributed by atoms with Gasteiger partial charge in [-0.25, -0.2) is 0 Å². The van der Waals surface area contributed by atoms with Crippen LogP contribution in [0.15, 0.2) is 125 Å². The molecule has 0 radical (unpaired) electrons. The van der Waals surface area contributed by atoms with Crippen molar-refractivity contribution < 1.29 is 45.3 Å². The van der Waals surface area contributed by atoms with Crippen molar-refractivity contribution in [3.8, 4) is 46.7 Å². The van der Waals surface area contributed by atoms with Crippen LogP contribution in [0.4, 0.5) is 0 Å². The average molecular weight is 1370 g/mol. The SMILES string of the molecule is COc1cc(C2CC(=O)C3C4C=CC56C#CCC7NC8C9C=CC%10SSCC(C5O)C5(CCC%11(CCCC%11)C5%11CCCC%11)c5cc(cc4c56)CC4=CC5=C%10C9C69CC%10(CCCC%10C=C6C5CC4O)C4CC9C8(c5cc(O)c(O)cc54)C(C3O)C7C#CC2Cc2ccccc2)c(CO)cc1O. The van der Waals surface area contributed by atoms with E-state index in [0.717, 1.165) is 115 Å². The quantitative estimate of drug-likeness (QED) is 0.0411. The number of hydrogen-bond acceptors (Lipinski definition) is 12. The number of aliphatic hydroxyl groups excluding tert-OH is 4. The van der Waals surface area contributed by atoms with Gasteiger partial charge in [0.15, 0.2) is 23.0 Å². The van der Waals surface area contributed by atoms with Gasteiger partial charge in [0.25, 0.3) is 0 Å². The van der Waals surface area contributed by atoms with Crippen LogP contribution in [0.1, 0.15) is 183 Å². The number of piperidine rings is 1. The van der Waals surface area contributed by atoms with Gasteiger partial charge in [-0.15, -0.1) is 5.92 Å². The maximum Gasteiger partial charge on any atom is 0.160 e. The fraction of sp³-hybridized carbons (Fsp3) is 0.557. The van der Waals surface area contributed by atoms with Gasteiger partial charge < -0.3 is 45.8 Å². The minimum Gasteiger partial charge on any atom is -0.504 e. The molecule has 7 spiro atoms. The molecule has 15 aliphatic carbocycles. The van der Waals surface area contributed by atoms with E-state index >= 15 is 9.90 Å². The maximum absolute atomic E-state index is 18.1. The summed E-state index contributed by atoms with van der Waals surface area (Å²) >= 11 is 0. The summed E-state index contributed by atoms with van der Waals surface area (Å²) in [5, 5.41) is 97.2. The highest BCUT2D eigenvalue weighted by molar-refractivity contribution is 8.77. The number of carbonyl (C=O) groups excluding carboxylic acids is 1. The van der Waals surface area contributed by atoms with Crippen LogP contribution < -0.4 is 10.1 Å². The van der Waals surface area contributed by atoms with Gasteiger partial charge in [-0.1, -0.05) is 156 Å². The van der Waals surface area contributed by atoms with E-state index < -0.39 is 88.1 Å². The Bertz CT molecular complexity index is 4610. The van der Waals surface area contributed by atoms with Crippen molar-refractivity contribution in [3.05, 3.63) is 176 Å². The van der Waals surface area contributed by atoms with Crippen LogP contribution in [-0.2, 0) is 40.5 Å². The molecule has 24 atom stereocenters. The van der Waals surface area contributed by atoms with Gasteiger partial charge >= 0.3 is 0 Å². The summed E-state index contributed by atoms with van der Waals surface area (Å²) < 4.78 is 5.94. The maximum atomic E-state index is 18.1. The average Bonchev–Trinajstić information content (AvgIpc) is 1.50.